The Hall–Kier alpha value is -0.820. The van der Waals surface area contributed by atoms with Gasteiger partial charge in [-0.05, 0) is 26.3 Å². The van der Waals surface area contributed by atoms with E-state index in [9.17, 15) is 18.0 Å². The molecule has 1 saturated carbocycles. The third-order valence-electron chi connectivity index (χ3n) is 3.18. The second kappa shape index (κ2) is 7.09. The van der Waals surface area contributed by atoms with E-state index in [1.807, 2.05) is 5.32 Å². The van der Waals surface area contributed by atoms with E-state index in [0.717, 1.165) is 13.1 Å². The van der Waals surface area contributed by atoms with Crippen LogP contribution in [0.3, 0.4) is 0 Å². The first-order chi connectivity index (χ1) is 8.83. The molecule has 0 aromatic carbocycles. The number of likely N-dealkylation sites (N-methyl/N-ethyl adjacent to an activating group) is 1. The number of nitrogens with one attached hydrogen (secondary N) is 2. The molecule has 1 amide bonds. The third-order valence-corrected chi connectivity index (χ3v) is 3.18. The molecule has 0 radical (unpaired) electrons. The second-order valence-corrected chi connectivity index (χ2v) is 4.87. The number of amides is 1. The highest BCUT2D eigenvalue weighted by Crippen LogP contribution is 2.25. The topological polar surface area (TPSA) is 44.4 Å². The SMILES string of the molecule is CCN(CCNC(C)C(=O)NCC(F)(F)F)C1CC1. The molecule has 19 heavy (non-hydrogen) atoms. The Morgan fingerprint density at radius 2 is 2.05 bits per heavy atom. The summed E-state index contributed by atoms with van der Waals surface area (Å²) in [5, 5.41) is 4.81. The third kappa shape index (κ3) is 6.77. The van der Waals surface area contributed by atoms with Gasteiger partial charge in [0.25, 0.3) is 0 Å². The van der Waals surface area contributed by atoms with Gasteiger partial charge >= 0.3 is 6.18 Å². The predicted octanol–water partition coefficient (Wildman–Crippen LogP) is 1.13. The van der Waals surface area contributed by atoms with Crippen LogP contribution in [0.2, 0.25) is 0 Å². The van der Waals surface area contributed by atoms with Gasteiger partial charge in [-0.15, -0.1) is 0 Å². The van der Waals surface area contributed by atoms with Crippen molar-refractivity contribution in [1.29, 1.82) is 0 Å². The lowest BCUT2D eigenvalue weighted by Gasteiger charge is -2.21. The molecule has 7 heteroatoms. The lowest BCUT2D eigenvalue weighted by molar-refractivity contribution is -0.139. The molecule has 4 nitrogen and oxygen atoms in total. The molecule has 1 rings (SSSR count). The minimum absolute atomic E-state index is 0.602. The summed E-state index contributed by atoms with van der Waals surface area (Å²) in [5.41, 5.74) is 0. The number of halogens is 3. The van der Waals surface area contributed by atoms with Gasteiger partial charge in [-0.2, -0.15) is 13.2 Å². The Morgan fingerprint density at radius 1 is 1.42 bits per heavy atom. The van der Waals surface area contributed by atoms with Crippen molar-refractivity contribution in [3.63, 3.8) is 0 Å². The van der Waals surface area contributed by atoms with Gasteiger partial charge in [-0.1, -0.05) is 6.92 Å². The van der Waals surface area contributed by atoms with E-state index in [1.165, 1.54) is 12.8 Å². The van der Waals surface area contributed by atoms with Gasteiger partial charge in [0.2, 0.25) is 5.91 Å². The molecule has 112 valence electrons. The summed E-state index contributed by atoms with van der Waals surface area (Å²) in [5.74, 6) is -0.619. The first-order valence-electron chi connectivity index (χ1n) is 6.65. The molecule has 1 unspecified atom stereocenters. The van der Waals surface area contributed by atoms with Gasteiger partial charge in [-0.25, -0.2) is 0 Å². The van der Waals surface area contributed by atoms with Crippen molar-refractivity contribution in [1.82, 2.24) is 15.5 Å². The summed E-state index contributed by atoms with van der Waals surface area (Å²) in [6.07, 6.45) is -1.93. The number of nitrogens with zero attached hydrogens (tertiary/aromatic N) is 1. The van der Waals surface area contributed by atoms with E-state index in [-0.39, 0.29) is 0 Å². The zero-order valence-electron chi connectivity index (χ0n) is 11.4. The Bertz CT molecular complexity index is 292. The molecule has 0 heterocycles. The maximum absolute atomic E-state index is 11.9. The fourth-order valence-corrected chi connectivity index (χ4v) is 1.90. The van der Waals surface area contributed by atoms with Gasteiger partial charge in [0, 0.05) is 19.1 Å². The highest BCUT2D eigenvalue weighted by molar-refractivity contribution is 5.81. The minimum atomic E-state index is -4.36. The number of alkyl halides is 3. The van der Waals surface area contributed by atoms with Crippen LogP contribution in [-0.4, -0.2) is 55.2 Å². The zero-order chi connectivity index (χ0) is 14.5. The highest BCUT2D eigenvalue weighted by atomic mass is 19.4. The Morgan fingerprint density at radius 3 is 2.53 bits per heavy atom. The summed E-state index contributed by atoms with van der Waals surface area (Å²) in [7, 11) is 0. The minimum Gasteiger partial charge on any atom is -0.346 e. The second-order valence-electron chi connectivity index (χ2n) is 4.87. The van der Waals surface area contributed by atoms with Crippen LogP contribution in [0.25, 0.3) is 0 Å². The van der Waals surface area contributed by atoms with Crippen molar-refractivity contribution in [2.24, 2.45) is 0 Å². The molecule has 1 atom stereocenters. The molecule has 0 aliphatic heterocycles. The van der Waals surface area contributed by atoms with Gasteiger partial charge in [0.15, 0.2) is 0 Å². The lowest BCUT2D eigenvalue weighted by Crippen LogP contribution is -2.47. The lowest BCUT2D eigenvalue weighted by atomic mass is 10.3. The van der Waals surface area contributed by atoms with E-state index >= 15 is 0 Å². The Balaban J connectivity index is 2.15. The summed E-state index contributed by atoms with van der Waals surface area (Å²) < 4.78 is 35.8. The summed E-state index contributed by atoms with van der Waals surface area (Å²) in [4.78, 5) is 13.7. The summed E-state index contributed by atoms with van der Waals surface area (Å²) in [6, 6.07) is 0.0430. The fourth-order valence-electron chi connectivity index (χ4n) is 1.90. The average molecular weight is 281 g/mol. The number of carbonyl (C=O) groups excluding carboxylic acids is 1. The van der Waals surface area contributed by atoms with Crippen LogP contribution in [0, 0.1) is 0 Å². The quantitative estimate of drug-likeness (QED) is 0.701. The fraction of sp³-hybridized carbons (Fsp3) is 0.917. The first kappa shape index (κ1) is 16.2. The largest absolute Gasteiger partial charge is 0.405 e. The molecule has 2 N–H and O–H groups in total. The number of rotatable bonds is 8. The van der Waals surface area contributed by atoms with Crippen molar-refractivity contribution < 1.29 is 18.0 Å². The molecule has 0 saturated heterocycles. The van der Waals surface area contributed by atoms with E-state index < -0.39 is 24.7 Å². The molecule has 1 aliphatic carbocycles. The van der Waals surface area contributed by atoms with Crippen LogP contribution in [0.15, 0.2) is 0 Å². The van der Waals surface area contributed by atoms with Gasteiger partial charge in [0.05, 0.1) is 6.04 Å². The van der Waals surface area contributed by atoms with Crippen LogP contribution in [0.1, 0.15) is 26.7 Å². The predicted molar refractivity (Wildman–Crippen MR) is 66.8 cm³/mol. The average Bonchev–Trinajstić information content (AvgIpc) is 3.14. The molecule has 0 aromatic heterocycles. The molecule has 0 bridgehead atoms. The van der Waals surface area contributed by atoms with Gasteiger partial charge in [0.1, 0.15) is 6.54 Å². The smallest absolute Gasteiger partial charge is 0.346 e. The summed E-state index contributed by atoms with van der Waals surface area (Å²) >= 11 is 0. The molecular weight excluding hydrogens is 259 g/mol. The molecular formula is C12H22F3N3O. The van der Waals surface area contributed by atoms with Crippen molar-refractivity contribution in [2.45, 2.75) is 44.9 Å². The van der Waals surface area contributed by atoms with Crippen molar-refractivity contribution >= 4 is 5.91 Å². The molecule has 0 spiro atoms. The maximum Gasteiger partial charge on any atom is 0.405 e. The number of hydrogen-bond acceptors (Lipinski definition) is 3. The van der Waals surface area contributed by atoms with Crippen molar-refractivity contribution in [2.75, 3.05) is 26.2 Å². The number of carbonyl (C=O) groups is 1. The van der Waals surface area contributed by atoms with Crippen molar-refractivity contribution in [3.05, 3.63) is 0 Å². The first-order valence-corrected chi connectivity index (χ1v) is 6.65. The van der Waals surface area contributed by atoms with Gasteiger partial charge in [-0.3, -0.25) is 9.69 Å². The van der Waals surface area contributed by atoms with E-state index in [1.54, 1.807) is 6.92 Å². The standard InChI is InChI=1S/C12H22F3N3O/c1-3-18(10-4-5-10)7-6-16-9(2)11(19)17-8-12(13,14)15/h9-10,16H,3-8H2,1-2H3,(H,17,19). The maximum atomic E-state index is 11.9. The van der Waals surface area contributed by atoms with Crippen LogP contribution >= 0.6 is 0 Å². The highest BCUT2D eigenvalue weighted by Gasteiger charge is 2.29. The Labute approximate surface area is 111 Å². The van der Waals surface area contributed by atoms with Gasteiger partial charge < -0.3 is 10.6 Å². The monoisotopic (exact) mass is 281 g/mol. The van der Waals surface area contributed by atoms with E-state index in [2.05, 4.69) is 17.1 Å². The zero-order valence-corrected chi connectivity index (χ0v) is 11.4. The molecule has 0 aromatic rings. The number of hydrogen-bond donors (Lipinski definition) is 2. The van der Waals surface area contributed by atoms with Crippen LogP contribution in [-0.2, 0) is 4.79 Å². The van der Waals surface area contributed by atoms with Crippen LogP contribution in [0.5, 0.6) is 0 Å². The summed E-state index contributed by atoms with van der Waals surface area (Å²) in [6.45, 7) is 4.75. The van der Waals surface area contributed by atoms with Crippen molar-refractivity contribution in [3.8, 4) is 0 Å². The normalized spacial score (nSPS) is 17.6. The van der Waals surface area contributed by atoms with Crippen LogP contribution < -0.4 is 10.6 Å². The van der Waals surface area contributed by atoms with Crippen LogP contribution in [0.4, 0.5) is 13.2 Å². The molecule has 1 fully saturated rings. The molecule has 1 aliphatic rings. The van der Waals surface area contributed by atoms with E-state index in [0.29, 0.717) is 12.6 Å². The Kier molecular flexibility index (Phi) is 6.06. The van der Waals surface area contributed by atoms with E-state index in [4.69, 9.17) is 0 Å².